The van der Waals surface area contributed by atoms with Crippen molar-refractivity contribution in [1.29, 1.82) is 0 Å². The highest BCUT2D eigenvalue weighted by Crippen LogP contribution is 2.62. The quantitative estimate of drug-likeness (QED) is 0.725. The van der Waals surface area contributed by atoms with Crippen molar-refractivity contribution in [3.05, 3.63) is 0 Å². The van der Waals surface area contributed by atoms with Crippen molar-refractivity contribution in [2.75, 3.05) is 13.2 Å². The van der Waals surface area contributed by atoms with Gasteiger partial charge in [-0.1, -0.05) is 6.92 Å². The zero-order chi connectivity index (χ0) is 16.7. The van der Waals surface area contributed by atoms with E-state index in [4.69, 9.17) is 18.9 Å². The zero-order valence-corrected chi connectivity index (χ0v) is 14.3. The van der Waals surface area contributed by atoms with Crippen molar-refractivity contribution >= 4 is 5.78 Å². The molecular weight excluding hydrogens is 300 g/mol. The van der Waals surface area contributed by atoms with E-state index in [0.29, 0.717) is 26.1 Å². The van der Waals surface area contributed by atoms with Crippen LogP contribution in [-0.2, 0) is 23.7 Å². The number of fused-ring (bicyclic) bond motifs is 3. The molecule has 0 unspecified atom stereocenters. The summed E-state index contributed by atoms with van der Waals surface area (Å²) in [5.41, 5.74) is -1.05. The lowest BCUT2D eigenvalue weighted by Gasteiger charge is -2.58. The number of Topliss-reactive ketones (excluding diaryl/α,β-unsaturated/α-hetero) is 1. The fraction of sp³-hybridized carbons (Fsp3) is 0.941. The average Bonchev–Trinajstić information content (AvgIpc) is 2.98. The Morgan fingerprint density at radius 1 is 1.04 bits per heavy atom. The van der Waals surface area contributed by atoms with E-state index in [2.05, 4.69) is 0 Å². The fourth-order valence-electron chi connectivity index (χ4n) is 5.27. The standard InChI is InChI=1S/C17H26O6/c1-14(2)22-12-9-15(3)10(7-16(12,4)23-14)13(19)11(18)8-17(15)20-5-6-21-17/h10-12,18H,5-9H2,1-4H3/t10-,11+,12-,15-,16+/m0/s1. The molecule has 1 N–H and O–H groups in total. The van der Waals surface area contributed by atoms with Crippen molar-refractivity contribution in [1.82, 2.24) is 0 Å². The van der Waals surface area contributed by atoms with E-state index in [0.717, 1.165) is 0 Å². The number of rotatable bonds is 0. The average molecular weight is 326 g/mol. The number of carbonyl (C=O) groups is 1. The van der Waals surface area contributed by atoms with Crippen molar-refractivity contribution < 1.29 is 28.8 Å². The summed E-state index contributed by atoms with van der Waals surface area (Å²) in [5.74, 6) is -2.05. The predicted molar refractivity (Wildman–Crippen MR) is 79.5 cm³/mol. The Hall–Kier alpha value is -0.530. The normalized spacial score (nSPS) is 50.8. The van der Waals surface area contributed by atoms with Crippen LogP contribution in [0.15, 0.2) is 0 Å². The van der Waals surface area contributed by atoms with Crippen LogP contribution in [-0.4, -0.2) is 53.5 Å². The van der Waals surface area contributed by atoms with Gasteiger partial charge in [0.1, 0.15) is 6.10 Å². The molecule has 5 atom stereocenters. The molecular formula is C17H26O6. The Labute approximate surface area is 136 Å². The van der Waals surface area contributed by atoms with Gasteiger partial charge in [-0.2, -0.15) is 0 Å². The molecule has 2 aliphatic carbocycles. The van der Waals surface area contributed by atoms with Crippen LogP contribution in [0.1, 0.15) is 47.0 Å². The topological polar surface area (TPSA) is 74.2 Å². The maximum Gasteiger partial charge on any atom is 0.177 e. The lowest BCUT2D eigenvalue weighted by Crippen LogP contribution is -2.67. The zero-order valence-electron chi connectivity index (χ0n) is 14.3. The van der Waals surface area contributed by atoms with E-state index in [1.54, 1.807) is 0 Å². The highest BCUT2D eigenvalue weighted by Gasteiger charge is 2.70. The van der Waals surface area contributed by atoms with Gasteiger partial charge in [-0.3, -0.25) is 4.79 Å². The van der Waals surface area contributed by atoms with Crippen molar-refractivity contribution in [2.45, 2.75) is 76.3 Å². The van der Waals surface area contributed by atoms with Gasteiger partial charge < -0.3 is 24.1 Å². The molecule has 130 valence electrons. The van der Waals surface area contributed by atoms with E-state index >= 15 is 0 Å². The van der Waals surface area contributed by atoms with Crippen LogP contribution in [0.4, 0.5) is 0 Å². The Kier molecular flexibility index (Phi) is 3.16. The molecule has 6 heteroatoms. The summed E-state index contributed by atoms with van der Waals surface area (Å²) in [4.78, 5) is 12.7. The summed E-state index contributed by atoms with van der Waals surface area (Å²) in [6, 6.07) is 0. The summed E-state index contributed by atoms with van der Waals surface area (Å²) >= 11 is 0. The molecule has 2 heterocycles. The minimum absolute atomic E-state index is 0.119. The van der Waals surface area contributed by atoms with Crippen molar-refractivity contribution in [2.24, 2.45) is 11.3 Å². The Balaban J connectivity index is 1.76. The van der Waals surface area contributed by atoms with E-state index in [-0.39, 0.29) is 24.2 Å². The Bertz CT molecular complexity index is 539. The van der Waals surface area contributed by atoms with Gasteiger partial charge in [-0.05, 0) is 33.6 Å². The number of hydrogen-bond donors (Lipinski definition) is 1. The molecule has 4 rings (SSSR count). The van der Waals surface area contributed by atoms with Crippen molar-refractivity contribution in [3.63, 3.8) is 0 Å². The minimum atomic E-state index is -1.04. The van der Waals surface area contributed by atoms with Crippen LogP contribution in [0.25, 0.3) is 0 Å². The summed E-state index contributed by atoms with van der Waals surface area (Å²) in [6.45, 7) is 8.83. The highest BCUT2D eigenvalue weighted by molar-refractivity contribution is 5.87. The van der Waals surface area contributed by atoms with Gasteiger partial charge in [-0.25, -0.2) is 0 Å². The number of ketones is 1. The maximum atomic E-state index is 12.7. The fourth-order valence-corrected chi connectivity index (χ4v) is 5.27. The second-order valence-electron chi connectivity index (χ2n) is 8.37. The van der Waals surface area contributed by atoms with Gasteiger partial charge >= 0.3 is 0 Å². The molecule has 4 fully saturated rings. The van der Waals surface area contributed by atoms with Gasteiger partial charge in [0.2, 0.25) is 0 Å². The molecule has 2 saturated heterocycles. The molecule has 23 heavy (non-hydrogen) atoms. The summed E-state index contributed by atoms with van der Waals surface area (Å²) in [7, 11) is 0. The third-order valence-electron chi connectivity index (χ3n) is 6.33. The summed E-state index contributed by atoms with van der Waals surface area (Å²) < 4.78 is 24.2. The first-order valence-electron chi connectivity index (χ1n) is 8.49. The number of hydrogen-bond acceptors (Lipinski definition) is 6. The monoisotopic (exact) mass is 326 g/mol. The van der Waals surface area contributed by atoms with E-state index in [1.165, 1.54) is 0 Å². The van der Waals surface area contributed by atoms with Gasteiger partial charge in [0, 0.05) is 17.8 Å². The number of aliphatic hydroxyl groups excluding tert-OH is 1. The highest BCUT2D eigenvalue weighted by atomic mass is 16.8. The molecule has 0 radical (unpaired) electrons. The molecule has 0 bridgehead atoms. The van der Waals surface area contributed by atoms with Gasteiger partial charge in [0.25, 0.3) is 0 Å². The summed E-state index contributed by atoms with van der Waals surface area (Å²) in [6.07, 6.45) is 0.179. The second kappa shape index (κ2) is 4.55. The lowest BCUT2D eigenvalue weighted by molar-refractivity contribution is -0.292. The number of aliphatic hydroxyl groups is 1. The second-order valence-corrected chi connectivity index (χ2v) is 8.37. The largest absolute Gasteiger partial charge is 0.385 e. The molecule has 0 aromatic carbocycles. The Morgan fingerprint density at radius 2 is 1.70 bits per heavy atom. The molecule has 1 spiro atoms. The molecule has 0 amide bonds. The van der Waals surface area contributed by atoms with Crippen molar-refractivity contribution in [3.8, 4) is 0 Å². The third kappa shape index (κ3) is 2.02. The van der Waals surface area contributed by atoms with E-state index < -0.39 is 28.7 Å². The SMILES string of the molecule is CC1(C)O[C@H]2C[C@@]3(C)[C@@H](C[C@@]2(C)O1)C(=O)[C@H](O)CC31OCCO1. The minimum Gasteiger partial charge on any atom is -0.385 e. The van der Waals surface area contributed by atoms with Crippen LogP contribution in [0, 0.1) is 11.3 Å². The van der Waals surface area contributed by atoms with Crippen LogP contribution in [0.5, 0.6) is 0 Å². The van der Waals surface area contributed by atoms with Gasteiger partial charge in [0.05, 0.1) is 24.9 Å². The van der Waals surface area contributed by atoms with Crippen LogP contribution < -0.4 is 0 Å². The molecule has 6 nitrogen and oxygen atoms in total. The third-order valence-corrected chi connectivity index (χ3v) is 6.33. The van der Waals surface area contributed by atoms with Gasteiger partial charge in [0.15, 0.2) is 17.4 Å². The van der Waals surface area contributed by atoms with Crippen LogP contribution >= 0.6 is 0 Å². The first kappa shape index (κ1) is 16.0. The molecule has 2 aliphatic heterocycles. The molecule has 0 aromatic heterocycles. The predicted octanol–water partition coefficient (Wildman–Crippen LogP) is 1.39. The molecule has 4 aliphatic rings. The number of carbonyl (C=O) groups excluding carboxylic acids is 1. The Morgan fingerprint density at radius 3 is 2.35 bits per heavy atom. The van der Waals surface area contributed by atoms with Crippen LogP contribution in [0.3, 0.4) is 0 Å². The lowest BCUT2D eigenvalue weighted by atomic mass is 9.53. The molecule has 2 saturated carbocycles. The number of ether oxygens (including phenoxy) is 4. The van der Waals surface area contributed by atoms with Crippen LogP contribution in [0.2, 0.25) is 0 Å². The van der Waals surface area contributed by atoms with E-state index in [1.807, 2.05) is 27.7 Å². The molecule has 0 aromatic rings. The van der Waals surface area contributed by atoms with Gasteiger partial charge in [-0.15, -0.1) is 0 Å². The first-order valence-corrected chi connectivity index (χ1v) is 8.49. The summed E-state index contributed by atoms with van der Waals surface area (Å²) in [5, 5.41) is 10.3. The maximum absolute atomic E-state index is 12.7. The smallest absolute Gasteiger partial charge is 0.177 e. The first-order chi connectivity index (χ1) is 10.6. The van der Waals surface area contributed by atoms with E-state index in [9.17, 15) is 9.90 Å².